The molecule has 3 nitrogen and oxygen atoms in total. The number of hydrogen-bond donors (Lipinski definition) is 2. The van der Waals surface area contributed by atoms with E-state index in [2.05, 4.69) is 4.90 Å². The molecule has 2 rings (SSSR count). The molecule has 2 aromatic carbocycles. The second-order valence-electron chi connectivity index (χ2n) is 5.34. The van der Waals surface area contributed by atoms with Crippen LogP contribution in [0.5, 0.6) is 11.5 Å². The van der Waals surface area contributed by atoms with E-state index < -0.39 is 0 Å². The summed E-state index contributed by atoms with van der Waals surface area (Å²) >= 11 is 0. The summed E-state index contributed by atoms with van der Waals surface area (Å²) in [5.74, 6) is 0.709. The number of aromatic hydroxyl groups is 2. The lowest BCUT2D eigenvalue weighted by Crippen LogP contribution is -2.17. The first kappa shape index (κ1) is 14.4. The number of rotatable bonds is 4. The van der Waals surface area contributed by atoms with Crippen molar-refractivity contribution in [1.82, 2.24) is 4.90 Å². The van der Waals surface area contributed by atoms with E-state index >= 15 is 0 Å². The van der Waals surface area contributed by atoms with Crippen LogP contribution >= 0.6 is 0 Å². The zero-order valence-electron chi connectivity index (χ0n) is 12.2. The van der Waals surface area contributed by atoms with Crippen LogP contribution in [0.15, 0.2) is 36.4 Å². The minimum absolute atomic E-state index is 0.354. The molecule has 2 N–H and O–H groups in total. The van der Waals surface area contributed by atoms with Gasteiger partial charge in [-0.3, -0.25) is 4.90 Å². The lowest BCUT2D eigenvalue weighted by molar-refractivity contribution is 0.306. The number of benzene rings is 2. The molecule has 106 valence electrons. The van der Waals surface area contributed by atoms with E-state index in [1.807, 2.05) is 57.3 Å². The van der Waals surface area contributed by atoms with Crippen LogP contribution in [-0.2, 0) is 13.1 Å². The Kier molecular flexibility index (Phi) is 4.30. The summed E-state index contributed by atoms with van der Waals surface area (Å²) in [6.07, 6.45) is 0. The SMILES string of the molecule is Cc1cccc(CN(C)Cc2cccc(C)c2O)c1O. The molecule has 0 bridgehead atoms. The highest BCUT2D eigenvalue weighted by Crippen LogP contribution is 2.25. The third kappa shape index (κ3) is 3.11. The van der Waals surface area contributed by atoms with E-state index in [1.54, 1.807) is 0 Å². The molecular formula is C17H21NO2. The normalized spacial score (nSPS) is 11.0. The second kappa shape index (κ2) is 5.97. The van der Waals surface area contributed by atoms with Gasteiger partial charge >= 0.3 is 0 Å². The van der Waals surface area contributed by atoms with Crippen LogP contribution < -0.4 is 0 Å². The van der Waals surface area contributed by atoms with Crippen molar-refractivity contribution in [3.8, 4) is 11.5 Å². The van der Waals surface area contributed by atoms with Crippen LogP contribution in [0.25, 0.3) is 0 Å². The van der Waals surface area contributed by atoms with Gasteiger partial charge in [0.2, 0.25) is 0 Å². The second-order valence-corrected chi connectivity index (χ2v) is 5.34. The summed E-state index contributed by atoms with van der Waals surface area (Å²) < 4.78 is 0. The minimum atomic E-state index is 0.354. The number of hydrogen-bond acceptors (Lipinski definition) is 3. The first-order valence-corrected chi connectivity index (χ1v) is 6.72. The Labute approximate surface area is 120 Å². The maximum atomic E-state index is 10.0. The van der Waals surface area contributed by atoms with Crippen molar-refractivity contribution in [2.45, 2.75) is 26.9 Å². The summed E-state index contributed by atoms with van der Waals surface area (Å²) in [4.78, 5) is 2.07. The average molecular weight is 271 g/mol. The fourth-order valence-corrected chi connectivity index (χ4v) is 2.33. The third-order valence-corrected chi connectivity index (χ3v) is 3.52. The van der Waals surface area contributed by atoms with E-state index in [9.17, 15) is 10.2 Å². The maximum Gasteiger partial charge on any atom is 0.122 e. The Morgan fingerprint density at radius 2 is 1.20 bits per heavy atom. The molecular weight excluding hydrogens is 250 g/mol. The van der Waals surface area contributed by atoms with E-state index in [0.717, 1.165) is 22.3 Å². The number of nitrogens with zero attached hydrogens (tertiary/aromatic N) is 1. The lowest BCUT2D eigenvalue weighted by atomic mass is 10.1. The van der Waals surface area contributed by atoms with E-state index in [4.69, 9.17) is 0 Å². The zero-order chi connectivity index (χ0) is 14.7. The Balaban J connectivity index is 2.11. The minimum Gasteiger partial charge on any atom is -0.507 e. The molecule has 0 heterocycles. The van der Waals surface area contributed by atoms with Gasteiger partial charge in [-0.05, 0) is 32.0 Å². The maximum absolute atomic E-state index is 10.0. The van der Waals surface area contributed by atoms with Crippen molar-refractivity contribution in [2.75, 3.05) is 7.05 Å². The molecule has 0 radical (unpaired) electrons. The van der Waals surface area contributed by atoms with Crippen molar-refractivity contribution >= 4 is 0 Å². The van der Waals surface area contributed by atoms with Gasteiger partial charge in [0.15, 0.2) is 0 Å². The van der Waals surface area contributed by atoms with Gasteiger partial charge in [-0.25, -0.2) is 0 Å². The van der Waals surface area contributed by atoms with Gasteiger partial charge in [-0.15, -0.1) is 0 Å². The van der Waals surface area contributed by atoms with Gasteiger partial charge < -0.3 is 10.2 Å². The number of aryl methyl sites for hydroxylation is 2. The molecule has 0 spiro atoms. The Morgan fingerprint density at radius 1 is 0.800 bits per heavy atom. The van der Waals surface area contributed by atoms with Crippen LogP contribution in [0.1, 0.15) is 22.3 Å². The van der Waals surface area contributed by atoms with Crippen LogP contribution in [0.4, 0.5) is 0 Å². The van der Waals surface area contributed by atoms with Crippen LogP contribution in [0.3, 0.4) is 0 Å². The molecule has 0 aromatic heterocycles. The van der Waals surface area contributed by atoms with E-state index in [0.29, 0.717) is 24.6 Å². The average Bonchev–Trinajstić information content (AvgIpc) is 2.40. The summed E-state index contributed by atoms with van der Waals surface area (Å²) in [6, 6.07) is 11.5. The van der Waals surface area contributed by atoms with Crippen LogP contribution in [0, 0.1) is 13.8 Å². The Hall–Kier alpha value is -2.00. The van der Waals surface area contributed by atoms with Gasteiger partial charge in [0.25, 0.3) is 0 Å². The van der Waals surface area contributed by atoms with Crippen LogP contribution in [0.2, 0.25) is 0 Å². The van der Waals surface area contributed by atoms with Gasteiger partial charge in [0.1, 0.15) is 11.5 Å². The molecule has 3 heteroatoms. The largest absolute Gasteiger partial charge is 0.507 e. The molecule has 0 saturated carbocycles. The topological polar surface area (TPSA) is 43.7 Å². The first-order chi connectivity index (χ1) is 9.49. The van der Waals surface area contributed by atoms with Crippen molar-refractivity contribution in [1.29, 1.82) is 0 Å². The smallest absolute Gasteiger partial charge is 0.122 e. The van der Waals surface area contributed by atoms with E-state index in [-0.39, 0.29) is 0 Å². The van der Waals surface area contributed by atoms with Gasteiger partial charge in [0.05, 0.1) is 0 Å². The summed E-state index contributed by atoms with van der Waals surface area (Å²) in [6.45, 7) is 5.07. The van der Waals surface area contributed by atoms with Crippen molar-refractivity contribution in [3.05, 3.63) is 58.7 Å². The molecule has 0 atom stereocenters. The molecule has 0 fully saturated rings. The molecule has 20 heavy (non-hydrogen) atoms. The van der Waals surface area contributed by atoms with Crippen molar-refractivity contribution in [3.63, 3.8) is 0 Å². The van der Waals surface area contributed by atoms with Gasteiger partial charge in [-0.2, -0.15) is 0 Å². The predicted octanol–water partition coefficient (Wildman–Crippen LogP) is 3.35. The summed E-state index contributed by atoms with van der Waals surface area (Å²) in [7, 11) is 1.98. The molecule has 0 unspecified atom stereocenters. The zero-order valence-corrected chi connectivity index (χ0v) is 12.2. The number of phenolic OH excluding ortho intramolecular Hbond substituents is 2. The Morgan fingerprint density at radius 3 is 1.60 bits per heavy atom. The lowest BCUT2D eigenvalue weighted by Gasteiger charge is -2.19. The highest BCUT2D eigenvalue weighted by molar-refractivity contribution is 5.40. The highest BCUT2D eigenvalue weighted by atomic mass is 16.3. The fraction of sp³-hybridized carbons (Fsp3) is 0.294. The van der Waals surface area contributed by atoms with Crippen molar-refractivity contribution in [2.24, 2.45) is 0 Å². The third-order valence-electron chi connectivity index (χ3n) is 3.52. The highest BCUT2D eigenvalue weighted by Gasteiger charge is 2.10. The molecule has 0 saturated heterocycles. The van der Waals surface area contributed by atoms with Crippen LogP contribution in [-0.4, -0.2) is 22.2 Å². The van der Waals surface area contributed by atoms with Crippen molar-refractivity contribution < 1.29 is 10.2 Å². The standard InChI is InChI=1S/C17H21NO2/c1-12-6-4-8-14(16(12)19)10-18(3)11-15-9-5-7-13(2)17(15)20/h4-9,19-20H,10-11H2,1-3H3. The number of para-hydroxylation sites is 2. The number of phenols is 2. The molecule has 0 aliphatic carbocycles. The first-order valence-electron chi connectivity index (χ1n) is 6.72. The summed E-state index contributed by atoms with van der Waals surface area (Å²) in [5.41, 5.74) is 3.57. The monoisotopic (exact) mass is 271 g/mol. The van der Waals surface area contributed by atoms with Gasteiger partial charge in [-0.1, -0.05) is 36.4 Å². The fourth-order valence-electron chi connectivity index (χ4n) is 2.33. The predicted molar refractivity (Wildman–Crippen MR) is 80.9 cm³/mol. The van der Waals surface area contributed by atoms with Gasteiger partial charge in [0, 0.05) is 24.2 Å². The summed E-state index contributed by atoms with van der Waals surface area (Å²) in [5, 5.41) is 20.1. The molecule has 0 amide bonds. The molecule has 2 aromatic rings. The Bertz CT molecular complexity index is 554. The quantitative estimate of drug-likeness (QED) is 0.896. The molecule has 0 aliphatic rings. The molecule has 0 aliphatic heterocycles. The van der Waals surface area contributed by atoms with E-state index in [1.165, 1.54) is 0 Å².